The molecule has 1 saturated heterocycles. The molecule has 15 heavy (non-hydrogen) atoms. The molecule has 1 heterocycles. The molecule has 0 radical (unpaired) electrons. The summed E-state index contributed by atoms with van der Waals surface area (Å²) in [5.74, 6) is 0.805. The SMILES string of the molecule is CC1(C)CNCC(C2CCCCCC2)O1. The molecule has 0 aromatic heterocycles. The van der Waals surface area contributed by atoms with Crippen LogP contribution in [0.3, 0.4) is 0 Å². The van der Waals surface area contributed by atoms with Gasteiger partial charge in [0.15, 0.2) is 0 Å². The summed E-state index contributed by atoms with van der Waals surface area (Å²) in [7, 11) is 0. The van der Waals surface area contributed by atoms with Crippen LogP contribution in [0.5, 0.6) is 0 Å². The smallest absolute Gasteiger partial charge is 0.0754 e. The first-order valence-electron chi connectivity index (χ1n) is 6.56. The molecule has 88 valence electrons. The molecule has 1 aliphatic carbocycles. The lowest BCUT2D eigenvalue weighted by Crippen LogP contribution is -2.52. The molecular weight excluding hydrogens is 186 g/mol. The molecule has 1 saturated carbocycles. The quantitative estimate of drug-likeness (QED) is 0.673. The maximum Gasteiger partial charge on any atom is 0.0754 e. The zero-order valence-electron chi connectivity index (χ0n) is 10.2. The van der Waals surface area contributed by atoms with E-state index in [0.717, 1.165) is 19.0 Å². The van der Waals surface area contributed by atoms with Crippen LogP contribution in [-0.4, -0.2) is 24.8 Å². The van der Waals surface area contributed by atoms with Crippen LogP contribution in [0.25, 0.3) is 0 Å². The summed E-state index contributed by atoms with van der Waals surface area (Å²) in [5, 5.41) is 3.52. The molecule has 1 N–H and O–H groups in total. The third kappa shape index (κ3) is 3.18. The van der Waals surface area contributed by atoms with Gasteiger partial charge in [0.25, 0.3) is 0 Å². The maximum atomic E-state index is 6.21. The number of morpholine rings is 1. The Bertz CT molecular complexity index is 195. The first kappa shape index (κ1) is 11.4. The Hall–Kier alpha value is -0.0800. The predicted octanol–water partition coefficient (Wildman–Crippen LogP) is 2.72. The van der Waals surface area contributed by atoms with Gasteiger partial charge in [-0.2, -0.15) is 0 Å². The second kappa shape index (κ2) is 4.84. The predicted molar refractivity (Wildman–Crippen MR) is 63.0 cm³/mol. The Kier molecular flexibility index (Phi) is 3.68. The summed E-state index contributed by atoms with van der Waals surface area (Å²) < 4.78 is 6.21. The van der Waals surface area contributed by atoms with E-state index >= 15 is 0 Å². The summed E-state index contributed by atoms with van der Waals surface area (Å²) in [6, 6.07) is 0. The van der Waals surface area contributed by atoms with E-state index in [4.69, 9.17) is 4.74 Å². The van der Waals surface area contributed by atoms with Crippen molar-refractivity contribution in [1.82, 2.24) is 5.32 Å². The number of hydrogen-bond acceptors (Lipinski definition) is 2. The fourth-order valence-electron chi connectivity index (χ4n) is 2.95. The highest BCUT2D eigenvalue weighted by molar-refractivity contribution is 4.85. The third-order valence-corrected chi connectivity index (χ3v) is 3.79. The van der Waals surface area contributed by atoms with Crippen molar-refractivity contribution in [2.75, 3.05) is 13.1 Å². The molecule has 2 rings (SSSR count). The lowest BCUT2D eigenvalue weighted by Gasteiger charge is -2.40. The van der Waals surface area contributed by atoms with Crippen LogP contribution >= 0.6 is 0 Å². The van der Waals surface area contributed by atoms with Crippen molar-refractivity contribution in [3.05, 3.63) is 0 Å². The summed E-state index contributed by atoms with van der Waals surface area (Å²) >= 11 is 0. The van der Waals surface area contributed by atoms with Crippen molar-refractivity contribution in [3.63, 3.8) is 0 Å². The third-order valence-electron chi connectivity index (χ3n) is 3.79. The summed E-state index contributed by atoms with van der Waals surface area (Å²) in [5.41, 5.74) is 0.0369. The van der Waals surface area contributed by atoms with Crippen LogP contribution in [0, 0.1) is 5.92 Å². The largest absolute Gasteiger partial charge is 0.369 e. The summed E-state index contributed by atoms with van der Waals surface area (Å²) in [6.45, 7) is 6.45. The molecule has 2 aliphatic rings. The zero-order valence-corrected chi connectivity index (χ0v) is 10.2. The number of hydrogen-bond donors (Lipinski definition) is 1. The first-order valence-corrected chi connectivity index (χ1v) is 6.56. The number of nitrogens with one attached hydrogen (secondary N) is 1. The van der Waals surface area contributed by atoms with Crippen LogP contribution in [0.15, 0.2) is 0 Å². The molecule has 2 fully saturated rings. The Morgan fingerprint density at radius 2 is 1.73 bits per heavy atom. The van der Waals surface area contributed by atoms with Gasteiger partial charge in [0.05, 0.1) is 11.7 Å². The van der Waals surface area contributed by atoms with Crippen LogP contribution in [0.4, 0.5) is 0 Å². The van der Waals surface area contributed by atoms with Crippen molar-refractivity contribution in [2.24, 2.45) is 5.92 Å². The van der Waals surface area contributed by atoms with E-state index in [-0.39, 0.29) is 5.60 Å². The fraction of sp³-hybridized carbons (Fsp3) is 1.00. The van der Waals surface area contributed by atoms with Gasteiger partial charge in [0.2, 0.25) is 0 Å². The van der Waals surface area contributed by atoms with Gasteiger partial charge in [-0.1, -0.05) is 25.7 Å². The second-order valence-electron chi connectivity index (χ2n) is 5.80. The minimum atomic E-state index is 0.0369. The van der Waals surface area contributed by atoms with Gasteiger partial charge in [-0.3, -0.25) is 0 Å². The van der Waals surface area contributed by atoms with Crippen LogP contribution < -0.4 is 5.32 Å². The minimum absolute atomic E-state index is 0.0369. The molecule has 2 nitrogen and oxygen atoms in total. The fourth-order valence-corrected chi connectivity index (χ4v) is 2.95. The minimum Gasteiger partial charge on any atom is -0.369 e. The zero-order chi connectivity index (χ0) is 10.7. The lowest BCUT2D eigenvalue weighted by molar-refractivity contribution is -0.118. The Morgan fingerprint density at radius 3 is 2.33 bits per heavy atom. The standard InChI is InChI=1S/C13H25NO/c1-13(2)10-14-9-12(15-13)11-7-5-3-4-6-8-11/h11-12,14H,3-10H2,1-2H3. The van der Waals surface area contributed by atoms with Crippen LogP contribution in [-0.2, 0) is 4.74 Å². The van der Waals surface area contributed by atoms with E-state index in [1.807, 2.05) is 0 Å². The highest BCUT2D eigenvalue weighted by Gasteiger charge is 2.33. The lowest BCUT2D eigenvalue weighted by atomic mass is 9.91. The van der Waals surface area contributed by atoms with E-state index < -0.39 is 0 Å². The maximum absolute atomic E-state index is 6.21. The monoisotopic (exact) mass is 211 g/mol. The molecule has 0 spiro atoms. The van der Waals surface area contributed by atoms with Crippen molar-refractivity contribution in [3.8, 4) is 0 Å². The van der Waals surface area contributed by atoms with E-state index in [1.165, 1.54) is 38.5 Å². The second-order valence-corrected chi connectivity index (χ2v) is 5.80. The molecule has 1 unspecified atom stereocenters. The van der Waals surface area contributed by atoms with Crippen LogP contribution in [0.2, 0.25) is 0 Å². The molecule has 0 bridgehead atoms. The van der Waals surface area contributed by atoms with Gasteiger partial charge in [-0.05, 0) is 32.6 Å². The van der Waals surface area contributed by atoms with Crippen molar-refractivity contribution >= 4 is 0 Å². The average molecular weight is 211 g/mol. The van der Waals surface area contributed by atoms with E-state index in [1.54, 1.807) is 0 Å². The van der Waals surface area contributed by atoms with Gasteiger partial charge in [0, 0.05) is 13.1 Å². The highest BCUT2D eigenvalue weighted by Crippen LogP contribution is 2.30. The van der Waals surface area contributed by atoms with Gasteiger partial charge in [0.1, 0.15) is 0 Å². The van der Waals surface area contributed by atoms with Crippen molar-refractivity contribution < 1.29 is 4.74 Å². The van der Waals surface area contributed by atoms with Crippen molar-refractivity contribution in [2.45, 2.75) is 64.1 Å². The molecule has 1 atom stereocenters. The molecular formula is C13H25NO. The Morgan fingerprint density at radius 1 is 1.07 bits per heavy atom. The molecule has 0 aromatic carbocycles. The first-order chi connectivity index (χ1) is 7.17. The Labute approximate surface area is 93.8 Å². The van der Waals surface area contributed by atoms with E-state index in [2.05, 4.69) is 19.2 Å². The summed E-state index contributed by atoms with van der Waals surface area (Å²) in [4.78, 5) is 0. The molecule has 1 aliphatic heterocycles. The average Bonchev–Trinajstić information content (AvgIpc) is 2.44. The van der Waals surface area contributed by atoms with Crippen molar-refractivity contribution in [1.29, 1.82) is 0 Å². The Balaban J connectivity index is 1.90. The number of ether oxygens (including phenoxy) is 1. The van der Waals surface area contributed by atoms with Gasteiger partial charge < -0.3 is 10.1 Å². The molecule has 2 heteroatoms. The van der Waals surface area contributed by atoms with Gasteiger partial charge >= 0.3 is 0 Å². The topological polar surface area (TPSA) is 21.3 Å². The van der Waals surface area contributed by atoms with Gasteiger partial charge in [-0.25, -0.2) is 0 Å². The van der Waals surface area contributed by atoms with Crippen LogP contribution in [0.1, 0.15) is 52.4 Å². The van der Waals surface area contributed by atoms with E-state index in [9.17, 15) is 0 Å². The van der Waals surface area contributed by atoms with Gasteiger partial charge in [-0.15, -0.1) is 0 Å². The molecule has 0 amide bonds. The van der Waals surface area contributed by atoms with E-state index in [0.29, 0.717) is 6.10 Å². The summed E-state index contributed by atoms with van der Waals surface area (Å²) in [6.07, 6.45) is 8.90. The molecule has 0 aromatic rings. The number of rotatable bonds is 1. The normalized spacial score (nSPS) is 33.6. The highest BCUT2D eigenvalue weighted by atomic mass is 16.5.